The predicted molar refractivity (Wildman–Crippen MR) is 60.3 cm³/mol. The molecule has 0 N–H and O–H groups in total. The predicted octanol–water partition coefficient (Wildman–Crippen LogP) is -1.12. The lowest BCUT2D eigenvalue weighted by molar-refractivity contribution is 1.47. The van der Waals surface area contributed by atoms with Gasteiger partial charge in [-0.15, -0.1) is 0 Å². The Kier molecular flexibility index (Phi) is 3.67. The maximum Gasteiger partial charge on any atom is 0.136 e. The molecule has 17 heavy (non-hydrogen) atoms. The van der Waals surface area contributed by atoms with Crippen molar-refractivity contribution in [2.45, 2.75) is 0 Å². The molecular weight excluding hydrogens is 211 g/mol. The van der Waals surface area contributed by atoms with Crippen LogP contribution in [0, 0.1) is 45.3 Å². The molecule has 0 spiro atoms. The van der Waals surface area contributed by atoms with E-state index in [9.17, 15) is 0 Å². The van der Waals surface area contributed by atoms with Gasteiger partial charge in [0.25, 0.3) is 0 Å². The maximum atomic E-state index is 8.70. The van der Waals surface area contributed by atoms with Gasteiger partial charge in [0.05, 0.1) is 0 Å². The average molecular weight is 214 g/mol. The van der Waals surface area contributed by atoms with Gasteiger partial charge in [0, 0.05) is 5.22 Å². The molecule has 1 aromatic carbocycles. The molecule has 0 aliphatic rings. The monoisotopic (exact) mass is 214 g/mol. The van der Waals surface area contributed by atoms with Crippen LogP contribution in [0.5, 0.6) is 0 Å². The van der Waals surface area contributed by atoms with Crippen molar-refractivity contribution in [3.8, 4) is 24.3 Å². The zero-order valence-electron chi connectivity index (χ0n) is 8.60. The van der Waals surface area contributed by atoms with Crippen LogP contribution in [0.15, 0.2) is 18.2 Å². The Morgan fingerprint density at radius 3 is 1.82 bits per heavy atom. The van der Waals surface area contributed by atoms with E-state index >= 15 is 0 Å². The Bertz CT molecular complexity index is 716. The quantitative estimate of drug-likeness (QED) is 0.510. The van der Waals surface area contributed by atoms with Gasteiger partial charge in [-0.3, -0.25) is 0 Å². The first-order valence-corrected chi connectivity index (χ1v) is 4.42. The van der Waals surface area contributed by atoms with E-state index in [2.05, 4.69) is 0 Å². The minimum absolute atomic E-state index is 0.0706. The van der Waals surface area contributed by atoms with Crippen molar-refractivity contribution in [2.24, 2.45) is 0 Å². The van der Waals surface area contributed by atoms with E-state index in [0.29, 0.717) is 10.4 Å². The largest absolute Gasteiger partial charge is 0.192 e. The van der Waals surface area contributed by atoms with Crippen LogP contribution in [0.4, 0.5) is 0 Å². The van der Waals surface area contributed by atoms with E-state index in [-0.39, 0.29) is 16.6 Å². The summed E-state index contributed by atoms with van der Waals surface area (Å²) in [5.41, 5.74) is 0.00632. The van der Waals surface area contributed by atoms with Gasteiger partial charge in [-0.05, 0) is 5.22 Å². The van der Waals surface area contributed by atoms with Crippen molar-refractivity contribution in [1.29, 1.82) is 21.0 Å². The minimum atomic E-state index is -0.107. The Morgan fingerprint density at radius 2 is 1.41 bits per heavy atom. The Hall–Kier alpha value is -3.02. The summed E-state index contributed by atoms with van der Waals surface area (Å²) >= 11 is 0. The van der Waals surface area contributed by atoms with Gasteiger partial charge in [0.15, 0.2) is 0 Å². The molecule has 74 valence electrons. The maximum absolute atomic E-state index is 8.70. The lowest BCUT2D eigenvalue weighted by Gasteiger charge is -1.95. The molecule has 0 heterocycles. The third kappa shape index (κ3) is 2.32. The van der Waals surface area contributed by atoms with Gasteiger partial charge in [0.2, 0.25) is 0 Å². The van der Waals surface area contributed by atoms with Crippen molar-refractivity contribution >= 4 is 24.5 Å². The van der Waals surface area contributed by atoms with E-state index in [1.54, 1.807) is 24.3 Å². The highest BCUT2D eigenvalue weighted by Crippen LogP contribution is 1.87. The normalized spacial score (nSPS) is 8.00. The van der Waals surface area contributed by atoms with E-state index in [0.717, 1.165) is 0 Å². The number of rotatable bonds is 0. The smallest absolute Gasteiger partial charge is 0.136 e. The van der Waals surface area contributed by atoms with Crippen LogP contribution in [0.25, 0.3) is 11.1 Å². The van der Waals surface area contributed by atoms with Crippen molar-refractivity contribution in [3.05, 3.63) is 28.6 Å². The molecule has 0 aromatic heterocycles. The van der Waals surface area contributed by atoms with Gasteiger partial charge in [-0.2, -0.15) is 21.0 Å². The summed E-state index contributed by atoms with van der Waals surface area (Å²) in [6.07, 6.45) is 0. The summed E-state index contributed by atoms with van der Waals surface area (Å²) < 4.78 is 0. The minimum Gasteiger partial charge on any atom is -0.192 e. The molecule has 0 bridgehead atoms. The number of benzene rings is 1. The molecule has 1 aromatic rings. The molecule has 0 saturated heterocycles. The summed E-state index contributed by atoms with van der Waals surface area (Å²) in [6, 6.07) is 11.2. The first-order chi connectivity index (χ1) is 8.17. The van der Waals surface area contributed by atoms with Crippen molar-refractivity contribution in [1.82, 2.24) is 0 Å². The number of hydrogen-bond donors (Lipinski definition) is 0. The fourth-order valence-corrected chi connectivity index (χ4v) is 1.25. The molecule has 0 amide bonds. The van der Waals surface area contributed by atoms with Gasteiger partial charge in [-0.25, -0.2) is 0 Å². The second-order valence-electron chi connectivity index (χ2n) is 3.00. The van der Waals surface area contributed by atoms with Gasteiger partial charge < -0.3 is 0 Å². The van der Waals surface area contributed by atoms with Crippen LogP contribution in [0.1, 0.15) is 0 Å². The molecule has 1 rings (SSSR count). The third-order valence-corrected chi connectivity index (χ3v) is 2.06. The van der Waals surface area contributed by atoms with Gasteiger partial charge in [0.1, 0.15) is 43.3 Å². The highest BCUT2D eigenvalue weighted by atomic mass is 14.3. The topological polar surface area (TPSA) is 95.2 Å². The molecule has 0 aliphatic heterocycles. The Labute approximate surface area is 99.0 Å². The summed E-state index contributed by atoms with van der Waals surface area (Å²) in [5.74, 6) is 0. The fraction of sp³-hybridized carbons (Fsp3) is 0. The van der Waals surface area contributed by atoms with E-state index in [4.69, 9.17) is 28.9 Å². The van der Waals surface area contributed by atoms with Crippen LogP contribution in [0.2, 0.25) is 0 Å². The Morgan fingerprint density at radius 1 is 0.882 bits per heavy atom. The molecule has 2 radical (unpaired) electrons. The molecule has 0 unspecified atom stereocenters. The summed E-state index contributed by atoms with van der Waals surface area (Å²) in [5, 5.41) is 35.4. The van der Waals surface area contributed by atoms with Crippen LogP contribution < -0.4 is 15.9 Å². The summed E-state index contributed by atoms with van der Waals surface area (Å²) in [4.78, 5) is 0. The lowest BCUT2D eigenvalue weighted by atomic mass is 9.90. The van der Waals surface area contributed by atoms with Crippen LogP contribution in [-0.4, -0.2) is 7.85 Å². The summed E-state index contributed by atoms with van der Waals surface area (Å²) in [6.45, 7) is 0. The SMILES string of the molecule is [B]c1cc(=C(C#N)C#N)ccc1=C(C#N)C#N. The molecule has 0 aliphatic carbocycles. The van der Waals surface area contributed by atoms with Crippen molar-refractivity contribution in [2.75, 3.05) is 0 Å². The van der Waals surface area contributed by atoms with Crippen molar-refractivity contribution < 1.29 is 0 Å². The first-order valence-electron chi connectivity index (χ1n) is 4.42. The van der Waals surface area contributed by atoms with Gasteiger partial charge >= 0.3 is 0 Å². The molecule has 4 nitrogen and oxygen atoms in total. The standard InChI is InChI=1S/C12H3BN4/c13-12-3-8(9(4-14)5-15)1-2-11(12)10(6-16)7-17/h1-3H. The molecular formula is C12H3BN4. The molecule has 5 heteroatoms. The van der Waals surface area contributed by atoms with Crippen LogP contribution in [0.3, 0.4) is 0 Å². The van der Waals surface area contributed by atoms with E-state index in [1.807, 2.05) is 0 Å². The highest BCUT2D eigenvalue weighted by Gasteiger charge is 1.99. The second kappa shape index (κ2) is 5.17. The molecule has 0 atom stereocenters. The highest BCUT2D eigenvalue weighted by molar-refractivity contribution is 6.32. The molecule has 0 fully saturated rings. The number of hydrogen-bond acceptors (Lipinski definition) is 4. The average Bonchev–Trinajstić information content (AvgIpc) is 2.34. The lowest BCUT2D eigenvalue weighted by Crippen LogP contribution is -2.31. The zero-order valence-corrected chi connectivity index (χ0v) is 8.60. The third-order valence-electron chi connectivity index (χ3n) is 2.06. The van der Waals surface area contributed by atoms with Crippen molar-refractivity contribution in [3.63, 3.8) is 0 Å². The second-order valence-corrected chi connectivity index (χ2v) is 3.00. The summed E-state index contributed by atoms with van der Waals surface area (Å²) in [7, 11) is 5.67. The fourth-order valence-electron chi connectivity index (χ4n) is 1.25. The number of nitrogens with zero attached hydrogens (tertiary/aromatic N) is 4. The van der Waals surface area contributed by atoms with Gasteiger partial charge in [-0.1, -0.05) is 23.7 Å². The van der Waals surface area contributed by atoms with E-state index in [1.165, 1.54) is 18.2 Å². The zero-order chi connectivity index (χ0) is 12.8. The first kappa shape index (κ1) is 12.1. The molecule has 0 saturated carbocycles. The Balaban J connectivity index is 3.78. The van der Waals surface area contributed by atoms with Crippen LogP contribution in [-0.2, 0) is 0 Å². The number of nitriles is 4. The van der Waals surface area contributed by atoms with E-state index < -0.39 is 0 Å². The van der Waals surface area contributed by atoms with Crippen LogP contribution >= 0.6 is 0 Å².